The largest absolute Gasteiger partial charge is 0.465 e. The van der Waals surface area contributed by atoms with Gasteiger partial charge in [-0.1, -0.05) is 12.1 Å². The minimum Gasteiger partial charge on any atom is -0.465 e. The molecule has 1 aromatic heterocycles. The molecule has 1 saturated heterocycles. The Balaban J connectivity index is 1.61. The van der Waals surface area contributed by atoms with Crippen molar-refractivity contribution in [3.05, 3.63) is 47.9 Å². The van der Waals surface area contributed by atoms with Gasteiger partial charge in [0.25, 0.3) is 0 Å². The normalized spacial score (nSPS) is 15.0. The molecule has 126 valence electrons. The second-order valence-electron chi connectivity index (χ2n) is 5.29. The average Bonchev–Trinajstić information content (AvgIpc) is 2.47. The number of hydrogen-bond acceptors (Lipinski definition) is 4. The van der Waals surface area contributed by atoms with Gasteiger partial charge in [-0.15, -0.1) is 0 Å². The highest BCUT2D eigenvalue weighted by Crippen LogP contribution is 2.30. The van der Waals surface area contributed by atoms with Gasteiger partial charge in [-0.05, 0) is 17.7 Å². The van der Waals surface area contributed by atoms with E-state index in [0.717, 1.165) is 11.8 Å². The molecule has 24 heavy (non-hydrogen) atoms. The number of alkyl halides is 3. The van der Waals surface area contributed by atoms with Crippen molar-refractivity contribution in [3.8, 4) is 11.6 Å². The molecule has 0 bridgehead atoms. The van der Waals surface area contributed by atoms with Gasteiger partial charge in [-0.25, -0.2) is 14.8 Å². The van der Waals surface area contributed by atoms with Crippen LogP contribution in [0.15, 0.2) is 36.7 Å². The highest BCUT2D eigenvalue weighted by Gasteiger charge is 2.33. The van der Waals surface area contributed by atoms with Crippen molar-refractivity contribution in [2.75, 3.05) is 13.1 Å². The Morgan fingerprint density at radius 2 is 1.83 bits per heavy atom. The number of nitrogens with zero attached hydrogens (tertiary/aromatic N) is 3. The topological polar surface area (TPSA) is 75.5 Å². The maximum Gasteiger partial charge on any atom is 0.434 e. The summed E-state index contributed by atoms with van der Waals surface area (Å²) >= 11 is 0. The van der Waals surface area contributed by atoms with Gasteiger partial charge < -0.3 is 14.7 Å². The van der Waals surface area contributed by atoms with Gasteiger partial charge in [0.1, 0.15) is 5.75 Å². The Morgan fingerprint density at radius 3 is 2.33 bits per heavy atom. The van der Waals surface area contributed by atoms with Crippen molar-refractivity contribution >= 4 is 6.09 Å². The van der Waals surface area contributed by atoms with Crippen molar-refractivity contribution in [3.63, 3.8) is 0 Å². The number of likely N-dealkylation sites (tertiary alicyclic amines) is 1. The third-order valence-electron chi connectivity index (χ3n) is 3.64. The van der Waals surface area contributed by atoms with Crippen LogP contribution in [0.25, 0.3) is 0 Å². The minimum atomic E-state index is -4.54. The molecule has 2 aromatic rings. The lowest BCUT2D eigenvalue weighted by atomic mass is 9.92. The Morgan fingerprint density at radius 1 is 1.17 bits per heavy atom. The maximum atomic E-state index is 12.4. The monoisotopic (exact) mass is 339 g/mol. The molecule has 0 radical (unpaired) electrons. The predicted molar refractivity (Wildman–Crippen MR) is 75.9 cm³/mol. The van der Waals surface area contributed by atoms with Gasteiger partial charge in [0, 0.05) is 19.0 Å². The third-order valence-corrected chi connectivity index (χ3v) is 3.64. The van der Waals surface area contributed by atoms with E-state index < -0.39 is 18.0 Å². The molecule has 2 heterocycles. The lowest BCUT2D eigenvalue weighted by Gasteiger charge is -2.37. The first-order chi connectivity index (χ1) is 11.3. The number of carboxylic acid groups (broad SMARTS) is 1. The highest BCUT2D eigenvalue weighted by atomic mass is 19.4. The van der Waals surface area contributed by atoms with Crippen molar-refractivity contribution in [2.24, 2.45) is 0 Å². The number of aromatic nitrogens is 2. The molecule has 0 unspecified atom stereocenters. The first-order valence-electron chi connectivity index (χ1n) is 6.98. The molecule has 1 N–H and O–H groups in total. The van der Waals surface area contributed by atoms with E-state index in [0.29, 0.717) is 25.0 Å². The molecule has 0 saturated carbocycles. The SMILES string of the molecule is O=C(O)N1CC(c2ccc(Oc3cnc(C(F)(F)F)cn3)cc2)C1. The minimum absolute atomic E-state index is 0.0450. The second kappa shape index (κ2) is 5.99. The molecular formula is C15H12F3N3O3. The van der Waals surface area contributed by atoms with E-state index in [1.54, 1.807) is 24.3 Å². The van der Waals surface area contributed by atoms with Gasteiger partial charge in [0.2, 0.25) is 5.88 Å². The fourth-order valence-electron chi connectivity index (χ4n) is 2.29. The van der Waals surface area contributed by atoms with E-state index in [1.165, 1.54) is 4.90 Å². The molecule has 1 aliphatic heterocycles. The summed E-state index contributed by atoms with van der Waals surface area (Å²) in [4.78, 5) is 18.9. The van der Waals surface area contributed by atoms with Crippen LogP contribution < -0.4 is 4.74 Å². The van der Waals surface area contributed by atoms with Gasteiger partial charge in [0.05, 0.1) is 12.4 Å². The molecule has 0 aliphatic carbocycles. The Labute approximate surface area is 134 Å². The van der Waals surface area contributed by atoms with E-state index in [9.17, 15) is 18.0 Å². The molecule has 1 aromatic carbocycles. The standard InChI is InChI=1S/C15H12F3N3O3/c16-15(17,18)12-5-20-13(6-19-12)24-11-3-1-9(2-4-11)10-7-21(8-10)14(22)23/h1-6,10H,7-8H2,(H,22,23). The van der Waals surface area contributed by atoms with Crippen LogP contribution in [0.5, 0.6) is 11.6 Å². The summed E-state index contributed by atoms with van der Waals surface area (Å²) in [6, 6.07) is 6.88. The fraction of sp³-hybridized carbons (Fsp3) is 0.267. The van der Waals surface area contributed by atoms with E-state index in [2.05, 4.69) is 9.97 Å². The van der Waals surface area contributed by atoms with Crippen LogP contribution in [-0.4, -0.2) is 39.2 Å². The molecule has 0 spiro atoms. The van der Waals surface area contributed by atoms with Crippen LogP contribution >= 0.6 is 0 Å². The Hall–Kier alpha value is -2.84. The lowest BCUT2D eigenvalue weighted by Crippen LogP contribution is -2.47. The molecular weight excluding hydrogens is 327 g/mol. The van der Waals surface area contributed by atoms with Crippen molar-refractivity contribution in [1.82, 2.24) is 14.9 Å². The number of rotatable bonds is 3. The van der Waals surface area contributed by atoms with Crippen molar-refractivity contribution < 1.29 is 27.8 Å². The van der Waals surface area contributed by atoms with Crippen LogP contribution in [0.4, 0.5) is 18.0 Å². The Bertz CT molecular complexity index is 726. The van der Waals surface area contributed by atoms with E-state index in [1.807, 2.05) is 0 Å². The number of benzene rings is 1. The van der Waals surface area contributed by atoms with Crippen molar-refractivity contribution in [2.45, 2.75) is 12.1 Å². The predicted octanol–water partition coefficient (Wildman–Crippen LogP) is 3.36. The number of ether oxygens (including phenoxy) is 1. The fourth-order valence-corrected chi connectivity index (χ4v) is 2.29. The summed E-state index contributed by atoms with van der Waals surface area (Å²) in [6.07, 6.45) is -3.96. The highest BCUT2D eigenvalue weighted by molar-refractivity contribution is 5.66. The van der Waals surface area contributed by atoms with Crippen molar-refractivity contribution in [1.29, 1.82) is 0 Å². The van der Waals surface area contributed by atoms with Crippen LogP contribution in [0, 0.1) is 0 Å². The molecule has 1 aliphatic rings. The molecule has 3 rings (SSSR count). The zero-order chi connectivity index (χ0) is 17.3. The van der Waals surface area contributed by atoms with Crippen LogP contribution in [0.1, 0.15) is 17.2 Å². The van der Waals surface area contributed by atoms with Gasteiger partial charge in [-0.2, -0.15) is 13.2 Å². The summed E-state index contributed by atoms with van der Waals surface area (Å²) < 4.78 is 42.5. The summed E-state index contributed by atoms with van der Waals surface area (Å²) in [5, 5.41) is 8.80. The number of carbonyl (C=O) groups is 1. The summed E-state index contributed by atoms with van der Waals surface area (Å²) in [5.74, 6) is 0.500. The zero-order valence-electron chi connectivity index (χ0n) is 12.2. The lowest BCUT2D eigenvalue weighted by molar-refractivity contribution is -0.141. The molecule has 9 heteroatoms. The third kappa shape index (κ3) is 3.39. The summed E-state index contributed by atoms with van der Waals surface area (Å²) in [5.41, 5.74) is -0.114. The second-order valence-corrected chi connectivity index (χ2v) is 5.29. The van der Waals surface area contributed by atoms with E-state index >= 15 is 0 Å². The Kier molecular flexibility index (Phi) is 4.00. The quantitative estimate of drug-likeness (QED) is 0.928. The average molecular weight is 339 g/mol. The molecule has 1 fully saturated rings. The van der Waals surface area contributed by atoms with Crippen LogP contribution in [0.3, 0.4) is 0 Å². The number of halogens is 3. The smallest absolute Gasteiger partial charge is 0.434 e. The molecule has 1 amide bonds. The summed E-state index contributed by atoms with van der Waals surface area (Å²) in [6.45, 7) is 0.889. The van der Waals surface area contributed by atoms with Gasteiger partial charge in [0.15, 0.2) is 5.69 Å². The van der Waals surface area contributed by atoms with Gasteiger partial charge in [-0.3, -0.25) is 0 Å². The summed E-state index contributed by atoms with van der Waals surface area (Å²) in [7, 11) is 0. The molecule has 0 atom stereocenters. The maximum absolute atomic E-state index is 12.4. The van der Waals surface area contributed by atoms with Crippen LogP contribution in [-0.2, 0) is 6.18 Å². The first-order valence-corrected chi connectivity index (χ1v) is 6.98. The molecule has 6 nitrogen and oxygen atoms in total. The van der Waals surface area contributed by atoms with Crippen LogP contribution in [0.2, 0.25) is 0 Å². The number of hydrogen-bond donors (Lipinski definition) is 1. The van der Waals surface area contributed by atoms with E-state index in [4.69, 9.17) is 9.84 Å². The van der Waals surface area contributed by atoms with Gasteiger partial charge >= 0.3 is 12.3 Å². The zero-order valence-corrected chi connectivity index (χ0v) is 12.2. The first kappa shape index (κ1) is 16.0. The van der Waals surface area contributed by atoms with E-state index in [-0.39, 0.29) is 11.8 Å². The number of amides is 1.